The average molecular weight is 282 g/mol. The molecule has 0 atom stereocenters. The molecule has 2 aliphatic rings. The molecule has 5 heteroatoms. The molecule has 114 valence electrons. The Kier molecular flexibility index (Phi) is 4.37. The summed E-state index contributed by atoms with van der Waals surface area (Å²) < 4.78 is 5.43. The van der Waals surface area contributed by atoms with E-state index in [9.17, 15) is 9.59 Å². The second-order valence-corrected chi connectivity index (χ2v) is 6.53. The molecule has 1 aliphatic carbocycles. The first kappa shape index (κ1) is 15.3. The van der Waals surface area contributed by atoms with Gasteiger partial charge in [0.05, 0.1) is 12.1 Å². The Morgan fingerprint density at radius 1 is 1.25 bits per heavy atom. The van der Waals surface area contributed by atoms with Crippen LogP contribution in [0.15, 0.2) is 0 Å². The first-order valence-corrected chi connectivity index (χ1v) is 7.55. The summed E-state index contributed by atoms with van der Waals surface area (Å²) in [5, 5.41) is 2.77. The number of hydrogen-bond donors (Lipinski definition) is 1. The van der Waals surface area contributed by atoms with Crippen molar-refractivity contribution in [1.29, 1.82) is 0 Å². The van der Waals surface area contributed by atoms with Crippen LogP contribution in [0.2, 0.25) is 0 Å². The van der Waals surface area contributed by atoms with Crippen molar-refractivity contribution < 1.29 is 14.3 Å². The minimum absolute atomic E-state index is 0.0343. The molecule has 1 N–H and O–H groups in total. The third-order valence-electron chi connectivity index (χ3n) is 4.81. The maximum Gasteiger partial charge on any atom is 0.246 e. The molecule has 1 spiro atoms. The molecule has 5 nitrogen and oxygen atoms in total. The lowest BCUT2D eigenvalue weighted by Gasteiger charge is -2.48. The van der Waals surface area contributed by atoms with Crippen molar-refractivity contribution in [3.05, 3.63) is 0 Å². The molecule has 2 fully saturated rings. The molecule has 2 amide bonds. The number of hydrogen-bond acceptors (Lipinski definition) is 3. The molecule has 0 aromatic rings. The van der Waals surface area contributed by atoms with Crippen LogP contribution in [-0.4, -0.2) is 48.1 Å². The Labute approximate surface area is 121 Å². The van der Waals surface area contributed by atoms with E-state index in [1.54, 1.807) is 7.11 Å². The molecule has 2 rings (SSSR count). The number of nitrogens with one attached hydrogen (secondary N) is 1. The Hall–Kier alpha value is -1.10. The summed E-state index contributed by atoms with van der Waals surface area (Å²) in [5.74, 6) is 0.0745. The minimum atomic E-state index is -0.600. The van der Waals surface area contributed by atoms with Crippen LogP contribution in [0.1, 0.15) is 52.4 Å². The molecule has 1 saturated heterocycles. The van der Waals surface area contributed by atoms with E-state index < -0.39 is 5.54 Å². The number of carbonyl (C=O) groups is 2. The third-order valence-corrected chi connectivity index (χ3v) is 4.81. The van der Waals surface area contributed by atoms with E-state index in [1.165, 1.54) is 0 Å². The SMILES string of the molecule is COC(C)(C)CCN1C(=O)CNC(=O)C12CCCCC2. The van der Waals surface area contributed by atoms with Crippen LogP contribution in [0.25, 0.3) is 0 Å². The molecule has 0 aromatic carbocycles. The van der Waals surface area contributed by atoms with E-state index in [4.69, 9.17) is 4.74 Å². The van der Waals surface area contributed by atoms with Gasteiger partial charge in [-0.05, 0) is 33.1 Å². The molecule has 1 heterocycles. The Bertz CT molecular complexity index is 387. The predicted octanol–water partition coefficient (Wildman–Crippen LogP) is 1.46. The Morgan fingerprint density at radius 3 is 2.50 bits per heavy atom. The van der Waals surface area contributed by atoms with Crippen molar-refractivity contribution in [2.45, 2.75) is 63.5 Å². The summed E-state index contributed by atoms with van der Waals surface area (Å²) in [7, 11) is 1.68. The number of amides is 2. The number of rotatable bonds is 4. The zero-order valence-electron chi connectivity index (χ0n) is 12.8. The summed E-state index contributed by atoms with van der Waals surface area (Å²) in [5.41, 5.74) is -0.874. The fraction of sp³-hybridized carbons (Fsp3) is 0.867. The number of carbonyl (C=O) groups excluding carboxylic acids is 2. The van der Waals surface area contributed by atoms with E-state index in [1.807, 2.05) is 18.7 Å². The number of methoxy groups -OCH3 is 1. The van der Waals surface area contributed by atoms with Gasteiger partial charge in [0.25, 0.3) is 0 Å². The molecule has 20 heavy (non-hydrogen) atoms. The Balaban J connectivity index is 2.16. The molecule has 1 aliphatic heterocycles. The first-order chi connectivity index (χ1) is 9.41. The Morgan fingerprint density at radius 2 is 1.90 bits per heavy atom. The zero-order valence-corrected chi connectivity index (χ0v) is 12.8. The van der Waals surface area contributed by atoms with E-state index >= 15 is 0 Å². The van der Waals surface area contributed by atoms with E-state index in [0.717, 1.165) is 38.5 Å². The molecular formula is C15H26N2O3. The highest BCUT2D eigenvalue weighted by Gasteiger charge is 2.49. The summed E-state index contributed by atoms with van der Waals surface area (Å²) in [6.07, 6.45) is 5.51. The molecule has 0 unspecified atom stereocenters. The van der Waals surface area contributed by atoms with E-state index in [2.05, 4.69) is 5.32 Å². The molecule has 0 bridgehead atoms. The fourth-order valence-electron chi connectivity index (χ4n) is 3.23. The highest BCUT2D eigenvalue weighted by atomic mass is 16.5. The third kappa shape index (κ3) is 2.82. The van der Waals surface area contributed by atoms with Crippen LogP contribution in [0, 0.1) is 0 Å². The summed E-state index contributed by atoms with van der Waals surface area (Å²) in [6, 6.07) is 0. The lowest BCUT2D eigenvalue weighted by molar-refractivity contribution is -0.157. The van der Waals surface area contributed by atoms with Crippen molar-refractivity contribution in [2.24, 2.45) is 0 Å². The zero-order chi connectivity index (χ0) is 14.8. The lowest BCUT2D eigenvalue weighted by Crippen LogP contribution is -2.68. The summed E-state index contributed by atoms with van der Waals surface area (Å²) in [6.45, 7) is 4.74. The van der Waals surface area contributed by atoms with Gasteiger partial charge >= 0.3 is 0 Å². The van der Waals surface area contributed by atoms with Gasteiger partial charge in [-0.15, -0.1) is 0 Å². The van der Waals surface area contributed by atoms with Gasteiger partial charge in [0.1, 0.15) is 5.54 Å². The van der Waals surface area contributed by atoms with Crippen LogP contribution in [0.5, 0.6) is 0 Å². The van der Waals surface area contributed by atoms with Crippen LogP contribution < -0.4 is 5.32 Å². The van der Waals surface area contributed by atoms with Crippen LogP contribution in [0.3, 0.4) is 0 Å². The number of ether oxygens (including phenoxy) is 1. The molecule has 0 aromatic heterocycles. The van der Waals surface area contributed by atoms with Crippen LogP contribution >= 0.6 is 0 Å². The number of nitrogens with zero attached hydrogens (tertiary/aromatic N) is 1. The van der Waals surface area contributed by atoms with Gasteiger partial charge in [-0.3, -0.25) is 9.59 Å². The lowest BCUT2D eigenvalue weighted by atomic mass is 9.78. The van der Waals surface area contributed by atoms with Gasteiger partial charge in [-0.1, -0.05) is 19.3 Å². The summed E-state index contributed by atoms with van der Waals surface area (Å²) in [4.78, 5) is 26.5. The highest BCUT2D eigenvalue weighted by Crippen LogP contribution is 2.36. The normalized spacial score (nSPS) is 23.1. The number of piperazine rings is 1. The second kappa shape index (κ2) is 5.72. The molecule has 0 radical (unpaired) electrons. The summed E-state index contributed by atoms with van der Waals surface area (Å²) >= 11 is 0. The fourth-order valence-corrected chi connectivity index (χ4v) is 3.23. The predicted molar refractivity (Wildman–Crippen MR) is 76.2 cm³/mol. The minimum Gasteiger partial charge on any atom is -0.379 e. The van der Waals surface area contributed by atoms with Gasteiger partial charge in [0.2, 0.25) is 11.8 Å². The van der Waals surface area contributed by atoms with E-state index in [0.29, 0.717) is 6.54 Å². The standard InChI is InChI=1S/C15H26N2O3/c1-14(2,20-3)9-10-17-12(18)11-16-13(19)15(17)7-5-4-6-8-15/h4-11H2,1-3H3,(H,16,19). The van der Waals surface area contributed by atoms with Gasteiger partial charge < -0.3 is 15.0 Å². The molecule has 1 saturated carbocycles. The van der Waals surface area contributed by atoms with Crippen molar-refractivity contribution in [2.75, 3.05) is 20.2 Å². The highest BCUT2D eigenvalue weighted by molar-refractivity contribution is 5.98. The largest absolute Gasteiger partial charge is 0.379 e. The van der Waals surface area contributed by atoms with Crippen LogP contribution in [-0.2, 0) is 14.3 Å². The quantitative estimate of drug-likeness (QED) is 0.849. The second-order valence-electron chi connectivity index (χ2n) is 6.53. The topological polar surface area (TPSA) is 58.6 Å². The van der Waals surface area contributed by atoms with Crippen LogP contribution in [0.4, 0.5) is 0 Å². The maximum atomic E-state index is 12.4. The van der Waals surface area contributed by atoms with Crippen molar-refractivity contribution >= 4 is 11.8 Å². The van der Waals surface area contributed by atoms with Crippen molar-refractivity contribution in [3.8, 4) is 0 Å². The average Bonchev–Trinajstić information content (AvgIpc) is 2.44. The van der Waals surface area contributed by atoms with Gasteiger partial charge in [0.15, 0.2) is 0 Å². The van der Waals surface area contributed by atoms with Crippen molar-refractivity contribution in [3.63, 3.8) is 0 Å². The smallest absolute Gasteiger partial charge is 0.246 e. The monoisotopic (exact) mass is 282 g/mol. The molecular weight excluding hydrogens is 256 g/mol. The van der Waals surface area contributed by atoms with Gasteiger partial charge in [-0.2, -0.15) is 0 Å². The maximum absolute atomic E-state index is 12.4. The van der Waals surface area contributed by atoms with Gasteiger partial charge in [0, 0.05) is 13.7 Å². The van der Waals surface area contributed by atoms with Crippen molar-refractivity contribution in [1.82, 2.24) is 10.2 Å². The van der Waals surface area contributed by atoms with Gasteiger partial charge in [-0.25, -0.2) is 0 Å². The van der Waals surface area contributed by atoms with E-state index in [-0.39, 0.29) is 24.0 Å². The first-order valence-electron chi connectivity index (χ1n) is 7.55.